The van der Waals surface area contributed by atoms with Gasteiger partial charge < -0.3 is 19.7 Å². The highest BCUT2D eigenvalue weighted by Crippen LogP contribution is 2.24. The molecule has 24 heavy (non-hydrogen) atoms. The third kappa shape index (κ3) is 3.85. The summed E-state index contributed by atoms with van der Waals surface area (Å²) in [5.74, 6) is 1.43. The van der Waals surface area contributed by atoms with Crippen LogP contribution >= 0.6 is 0 Å². The topological polar surface area (TPSA) is 83.4 Å². The van der Waals surface area contributed by atoms with Crippen LogP contribution in [0.2, 0.25) is 0 Å². The average Bonchev–Trinajstić information content (AvgIpc) is 3.20. The zero-order chi connectivity index (χ0) is 16.9. The molecule has 3 rings (SSSR count). The minimum absolute atomic E-state index is 0.0189. The maximum Gasteiger partial charge on any atom is 0.317 e. The summed E-state index contributed by atoms with van der Waals surface area (Å²) in [7, 11) is 1.94. The van der Waals surface area contributed by atoms with Gasteiger partial charge in [0, 0.05) is 52.1 Å². The number of carbonyl (C=O) groups excluding carboxylic acids is 2. The van der Waals surface area contributed by atoms with Crippen LogP contribution in [0.1, 0.15) is 43.8 Å². The Morgan fingerprint density at radius 1 is 1.38 bits per heavy atom. The molecular weight excluding hydrogens is 308 g/mol. The van der Waals surface area contributed by atoms with Crippen LogP contribution in [0, 0.1) is 0 Å². The minimum atomic E-state index is -0.0189. The summed E-state index contributed by atoms with van der Waals surface area (Å²) in [6, 6.07) is -0.0189. The van der Waals surface area contributed by atoms with E-state index in [2.05, 4.69) is 15.5 Å². The molecule has 3 heterocycles. The number of aromatic nitrogens is 3. The lowest BCUT2D eigenvalue weighted by Crippen LogP contribution is -2.45. The SMILES string of the molecule is Cn1cnnc1C1CCCN(C(=O)NCCCN2CCCC2=O)C1. The van der Waals surface area contributed by atoms with Gasteiger partial charge in [-0.2, -0.15) is 0 Å². The van der Waals surface area contributed by atoms with Crippen LogP contribution in [0.25, 0.3) is 0 Å². The van der Waals surface area contributed by atoms with Crippen molar-refractivity contribution in [1.29, 1.82) is 0 Å². The Morgan fingerprint density at radius 2 is 2.25 bits per heavy atom. The van der Waals surface area contributed by atoms with E-state index in [0.717, 1.165) is 51.1 Å². The molecule has 1 aromatic rings. The van der Waals surface area contributed by atoms with E-state index in [4.69, 9.17) is 0 Å². The molecule has 0 saturated carbocycles. The van der Waals surface area contributed by atoms with Gasteiger partial charge in [0.25, 0.3) is 0 Å². The standard InChI is InChI=1S/C16H26N6O2/c1-20-12-18-19-15(20)13-5-2-9-22(11-13)16(24)17-7-4-10-21-8-3-6-14(21)23/h12-13H,2-11H2,1H3,(H,17,24). The highest BCUT2D eigenvalue weighted by molar-refractivity contribution is 5.78. The third-order valence-corrected chi connectivity index (χ3v) is 4.87. The van der Waals surface area contributed by atoms with E-state index in [-0.39, 0.29) is 17.9 Å². The lowest BCUT2D eigenvalue weighted by Gasteiger charge is -2.32. The number of nitrogens with zero attached hydrogens (tertiary/aromatic N) is 5. The fourth-order valence-corrected chi connectivity index (χ4v) is 3.55. The molecule has 3 amide bonds. The largest absolute Gasteiger partial charge is 0.343 e. The molecule has 0 radical (unpaired) electrons. The molecule has 0 spiro atoms. The second-order valence-corrected chi connectivity index (χ2v) is 6.66. The summed E-state index contributed by atoms with van der Waals surface area (Å²) >= 11 is 0. The second kappa shape index (κ2) is 7.63. The summed E-state index contributed by atoms with van der Waals surface area (Å²) < 4.78 is 1.93. The predicted octanol–water partition coefficient (Wildman–Crippen LogP) is 0.717. The van der Waals surface area contributed by atoms with Gasteiger partial charge in [0.1, 0.15) is 12.2 Å². The maximum absolute atomic E-state index is 12.4. The first kappa shape index (κ1) is 16.7. The van der Waals surface area contributed by atoms with Crippen LogP contribution in [-0.4, -0.2) is 69.2 Å². The molecule has 8 heteroatoms. The molecule has 1 unspecified atom stereocenters. The number of nitrogens with one attached hydrogen (secondary N) is 1. The number of likely N-dealkylation sites (tertiary alicyclic amines) is 2. The number of piperidine rings is 1. The van der Waals surface area contributed by atoms with Crippen LogP contribution in [0.4, 0.5) is 4.79 Å². The van der Waals surface area contributed by atoms with Crippen molar-refractivity contribution in [1.82, 2.24) is 29.9 Å². The summed E-state index contributed by atoms with van der Waals surface area (Å²) in [6.07, 6.45) is 6.15. The van der Waals surface area contributed by atoms with Gasteiger partial charge in [0.05, 0.1) is 0 Å². The lowest BCUT2D eigenvalue weighted by atomic mass is 9.97. The van der Waals surface area contributed by atoms with Crippen molar-refractivity contribution in [2.45, 2.75) is 38.0 Å². The van der Waals surface area contributed by atoms with Crippen molar-refractivity contribution in [3.63, 3.8) is 0 Å². The third-order valence-electron chi connectivity index (χ3n) is 4.87. The molecule has 2 aliphatic rings. The van der Waals surface area contributed by atoms with Gasteiger partial charge in [-0.05, 0) is 25.7 Å². The molecule has 1 atom stereocenters. The van der Waals surface area contributed by atoms with E-state index in [0.29, 0.717) is 19.5 Å². The molecule has 2 saturated heterocycles. The van der Waals surface area contributed by atoms with Crippen molar-refractivity contribution in [2.75, 3.05) is 32.7 Å². The van der Waals surface area contributed by atoms with Crippen LogP contribution in [0.5, 0.6) is 0 Å². The Kier molecular flexibility index (Phi) is 5.32. The summed E-state index contributed by atoms with van der Waals surface area (Å²) in [5, 5.41) is 11.1. The number of rotatable bonds is 5. The molecule has 8 nitrogen and oxygen atoms in total. The molecule has 0 bridgehead atoms. The van der Waals surface area contributed by atoms with E-state index in [1.165, 1.54) is 0 Å². The van der Waals surface area contributed by atoms with E-state index in [1.807, 2.05) is 21.4 Å². The van der Waals surface area contributed by atoms with Crippen molar-refractivity contribution >= 4 is 11.9 Å². The van der Waals surface area contributed by atoms with Crippen LogP contribution < -0.4 is 5.32 Å². The smallest absolute Gasteiger partial charge is 0.317 e. The number of amides is 3. The van der Waals surface area contributed by atoms with Crippen LogP contribution in [0.3, 0.4) is 0 Å². The van der Waals surface area contributed by atoms with Crippen LogP contribution in [0.15, 0.2) is 6.33 Å². The number of carbonyl (C=O) groups is 2. The van der Waals surface area contributed by atoms with Crippen molar-refractivity contribution in [3.8, 4) is 0 Å². The zero-order valence-corrected chi connectivity index (χ0v) is 14.3. The Balaban J connectivity index is 1.41. The summed E-state index contributed by atoms with van der Waals surface area (Å²) in [6.45, 7) is 3.67. The van der Waals surface area contributed by atoms with Crippen molar-refractivity contribution in [3.05, 3.63) is 12.2 Å². The molecule has 2 fully saturated rings. The van der Waals surface area contributed by atoms with Crippen molar-refractivity contribution < 1.29 is 9.59 Å². The normalized spacial score (nSPS) is 21.4. The first-order valence-corrected chi connectivity index (χ1v) is 8.79. The monoisotopic (exact) mass is 334 g/mol. The quantitative estimate of drug-likeness (QED) is 0.804. The van der Waals surface area contributed by atoms with Crippen LogP contribution in [-0.2, 0) is 11.8 Å². The average molecular weight is 334 g/mol. The Hall–Kier alpha value is -2.12. The summed E-state index contributed by atoms with van der Waals surface area (Å²) in [5.41, 5.74) is 0. The van der Waals surface area contributed by atoms with Gasteiger partial charge >= 0.3 is 6.03 Å². The molecule has 0 aromatic carbocycles. The zero-order valence-electron chi connectivity index (χ0n) is 14.3. The van der Waals surface area contributed by atoms with Crippen molar-refractivity contribution in [2.24, 2.45) is 7.05 Å². The molecule has 1 N–H and O–H groups in total. The lowest BCUT2D eigenvalue weighted by molar-refractivity contribution is -0.127. The van der Waals surface area contributed by atoms with Gasteiger partial charge in [-0.25, -0.2) is 4.79 Å². The number of hydrogen-bond acceptors (Lipinski definition) is 4. The minimum Gasteiger partial charge on any atom is -0.343 e. The van der Waals surface area contributed by atoms with Gasteiger partial charge in [0.15, 0.2) is 0 Å². The van der Waals surface area contributed by atoms with Gasteiger partial charge in [-0.1, -0.05) is 0 Å². The predicted molar refractivity (Wildman–Crippen MR) is 88.4 cm³/mol. The number of aryl methyl sites for hydroxylation is 1. The van der Waals surface area contributed by atoms with Gasteiger partial charge in [-0.3, -0.25) is 4.79 Å². The second-order valence-electron chi connectivity index (χ2n) is 6.66. The highest BCUT2D eigenvalue weighted by Gasteiger charge is 2.27. The molecule has 132 valence electrons. The van der Waals surface area contributed by atoms with Gasteiger partial charge in [0.2, 0.25) is 5.91 Å². The first-order valence-electron chi connectivity index (χ1n) is 8.79. The number of hydrogen-bond donors (Lipinski definition) is 1. The molecule has 1 aromatic heterocycles. The molecule has 2 aliphatic heterocycles. The maximum atomic E-state index is 12.4. The first-order chi connectivity index (χ1) is 11.6. The number of urea groups is 1. The molecule has 0 aliphatic carbocycles. The highest BCUT2D eigenvalue weighted by atomic mass is 16.2. The van der Waals surface area contributed by atoms with E-state index < -0.39 is 0 Å². The van der Waals surface area contributed by atoms with E-state index in [1.54, 1.807) is 6.33 Å². The van der Waals surface area contributed by atoms with E-state index in [9.17, 15) is 9.59 Å². The Labute approximate surface area is 142 Å². The molecular formula is C16H26N6O2. The van der Waals surface area contributed by atoms with Gasteiger partial charge in [-0.15, -0.1) is 10.2 Å². The van der Waals surface area contributed by atoms with E-state index >= 15 is 0 Å². The Bertz CT molecular complexity index is 587. The Morgan fingerprint density at radius 3 is 2.96 bits per heavy atom. The summed E-state index contributed by atoms with van der Waals surface area (Å²) in [4.78, 5) is 27.6. The fraction of sp³-hybridized carbons (Fsp3) is 0.750. The fourth-order valence-electron chi connectivity index (χ4n) is 3.55.